The van der Waals surface area contributed by atoms with E-state index in [0.717, 1.165) is 37.6 Å². The van der Waals surface area contributed by atoms with Crippen LogP contribution in [0.15, 0.2) is 0 Å². The summed E-state index contributed by atoms with van der Waals surface area (Å²) < 4.78 is 0. The first-order valence-electron chi connectivity index (χ1n) is 5.38. The van der Waals surface area contributed by atoms with Crippen LogP contribution in [0.1, 0.15) is 18.7 Å². The van der Waals surface area contributed by atoms with Gasteiger partial charge in [0.05, 0.1) is 0 Å². The Labute approximate surface area is 89.3 Å². The first kappa shape index (κ1) is 10.3. The van der Waals surface area contributed by atoms with Crippen LogP contribution in [0.3, 0.4) is 0 Å². The van der Waals surface area contributed by atoms with Crippen LogP contribution < -0.4 is 10.6 Å². The molecule has 4 N–H and O–H groups in total. The fourth-order valence-electron chi connectivity index (χ4n) is 2.07. The average Bonchev–Trinajstić information content (AvgIpc) is 2.58. The van der Waals surface area contributed by atoms with E-state index >= 15 is 0 Å². The lowest BCUT2D eigenvalue weighted by Crippen LogP contribution is -2.35. The molecule has 15 heavy (non-hydrogen) atoms. The predicted octanol–water partition coefficient (Wildman–Crippen LogP) is 0.509. The number of aryl methyl sites for hydroxylation is 1. The molecule has 0 atom stereocenters. The van der Waals surface area contributed by atoms with Crippen molar-refractivity contribution in [3.8, 4) is 0 Å². The molecule has 1 fully saturated rings. The second-order valence-corrected chi connectivity index (χ2v) is 4.17. The fourth-order valence-corrected chi connectivity index (χ4v) is 2.07. The molecule has 0 unspecified atom stereocenters. The summed E-state index contributed by atoms with van der Waals surface area (Å²) in [6, 6.07) is 0. The van der Waals surface area contributed by atoms with Crippen LogP contribution in [0.4, 0.5) is 11.6 Å². The molecule has 1 aromatic rings. The lowest BCUT2D eigenvalue weighted by Gasteiger charge is -2.31. The molecule has 5 nitrogen and oxygen atoms in total. The van der Waals surface area contributed by atoms with Crippen LogP contribution in [0.5, 0.6) is 0 Å². The number of imidazole rings is 1. The Morgan fingerprint density at radius 3 is 2.67 bits per heavy atom. The number of piperidine rings is 1. The first-order chi connectivity index (χ1) is 7.20. The standard InChI is InChI=1S/C10H18N4O/c1-7-12-9(11)10(13-7)14-4-2-8(6-15)3-5-14/h8,15H,2-6,11H2,1H3,(H,12,13). The number of aromatic nitrogens is 2. The SMILES string of the molecule is Cc1nc(N2CCC(CO)CC2)c(N)[nH]1. The van der Waals surface area contributed by atoms with Crippen molar-refractivity contribution in [3.63, 3.8) is 0 Å². The number of nitrogens with zero attached hydrogens (tertiary/aromatic N) is 2. The molecule has 0 aliphatic carbocycles. The van der Waals surface area contributed by atoms with E-state index in [9.17, 15) is 0 Å². The Morgan fingerprint density at radius 1 is 1.53 bits per heavy atom. The number of aromatic amines is 1. The summed E-state index contributed by atoms with van der Waals surface area (Å²) in [5, 5.41) is 9.04. The van der Waals surface area contributed by atoms with Gasteiger partial charge < -0.3 is 20.7 Å². The number of rotatable bonds is 2. The van der Waals surface area contributed by atoms with Gasteiger partial charge in [-0.05, 0) is 25.7 Å². The molecule has 0 spiro atoms. The maximum absolute atomic E-state index is 9.04. The minimum Gasteiger partial charge on any atom is -0.396 e. The van der Waals surface area contributed by atoms with Crippen molar-refractivity contribution >= 4 is 11.6 Å². The smallest absolute Gasteiger partial charge is 0.171 e. The maximum atomic E-state index is 9.04. The third-order valence-corrected chi connectivity index (χ3v) is 3.00. The molecule has 0 radical (unpaired) electrons. The van der Waals surface area contributed by atoms with Gasteiger partial charge in [0.1, 0.15) is 11.6 Å². The van der Waals surface area contributed by atoms with Crippen LogP contribution in [-0.2, 0) is 0 Å². The zero-order chi connectivity index (χ0) is 10.8. The van der Waals surface area contributed by atoms with Crippen LogP contribution >= 0.6 is 0 Å². The second kappa shape index (κ2) is 4.10. The van der Waals surface area contributed by atoms with E-state index in [4.69, 9.17) is 10.8 Å². The predicted molar refractivity (Wildman–Crippen MR) is 59.8 cm³/mol. The number of anilines is 2. The molecule has 0 aromatic carbocycles. The van der Waals surface area contributed by atoms with Gasteiger partial charge in [0.2, 0.25) is 0 Å². The number of hydrogen-bond donors (Lipinski definition) is 3. The van der Waals surface area contributed by atoms with E-state index < -0.39 is 0 Å². The Morgan fingerprint density at radius 2 is 2.20 bits per heavy atom. The van der Waals surface area contributed by atoms with Gasteiger partial charge in [-0.15, -0.1) is 0 Å². The van der Waals surface area contributed by atoms with Gasteiger partial charge in [0, 0.05) is 19.7 Å². The van der Waals surface area contributed by atoms with Crippen LogP contribution in [0.2, 0.25) is 0 Å². The van der Waals surface area contributed by atoms with Crippen molar-refractivity contribution in [2.75, 3.05) is 30.3 Å². The third-order valence-electron chi connectivity index (χ3n) is 3.00. The monoisotopic (exact) mass is 210 g/mol. The Balaban J connectivity index is 2.04. The number of aliphatic hydroxyl groups is 1. The summed E-state index contributed by atoms with van der Waals surface area (Å²) in [6.45, 7) is 4.06. The van der Waals surface area contributed by atoms with Crippen molar-refractivity contribution in [1.82, 2.24) is 9.97 Å². The molecule has 1 aliphatic rings. The van der Waals surface area contributed by atoms with Gasteiger partial charge in [0.25, 0.3) is 0 Å². The quantitative estimate of drug-likeness (QED) is 0.664. The van der Waals surface area contributed by atoms with Gasteiger partial charge in [-0.25, -0.2) is 4.98 Å². The lowest BCUT2D eigenvalue weighted by molar-refractivity contribution is 0.203. The van der Waals surface area contributed by atoms with Crippen molar-refractivity contribution < 1.29 is 5.11 Å². The fraction of sp³-hybridized carbons (Fsp3) is 0.700. The number of nitrogen functional groups attached to an aromatic ring is 1. The zero-order valence-corrected chi connectivity index (χ0v) is 9.03. The number of hydrogen-bond acceptors (Lipinski definition) is 4. The van der Waals surface area contributed by atoms with E-state index in [2.05, 4.69) is 14.9 Å². The Hall–Kier alpha value is -1.23. The van der Waals surface area contributed by atoms with Crippen molar-refractivity contribution in [2.24, 2.45) is 5.92 Å². The molecule has 0 bridgehead atoms. The zero-order valence-electron chi connectivity index (χ0n) is 9.03. The summed E-state index contributed by atoms with van der Waals surface area (Å²) in [6.07, 6.45) is 2.03. The summed E-state index contributed by atoms with van der Waals surface area (Å²) in [5.41, 5.74) is 5.83. The van der Waals surface area contributed by atoms with Gasteiger partial charge >= 0.3 is 0 Å². The largest absolute Gasteiger partial charge is 0.396 e. The maximum Gasteiger partial charge on any atom is 0.171 e. The normalized spacial score (nSPS) is 18.4. The number of nitrogens with two attached hydrogens (primary N) is 1. The van der Waals surface area contributed by atoms with Crippen molar-refractivity contribution in [1.29, 1.82) is 0 Å². The molecule has 1 aliphatic heterocycles. The second-order valence-electron chi connectivity index (χ2n) is 4.17. The van der Waals surface area contributed by atoms with E-state index in [0.29, 0.717) is 18.3 Å². The molecular weight excluding hydrogens is 192 g/mol. The minimum atomic E-state index is 0.295. The summed E-state index contributed by atoms with van der Waals surface area (Å²) in [5.74, 6) is 2.81. The van der Waals surface area contributed by atoms with E-state index in [1.807, 2.05) is 6.92 Å². The molecule has 2 rings (SSSR count). The van der Waals surface area contributed by atoms with Gasteiger partial charge in [0.15, 0.2) is 5.82 Å². The molecule has 84 valence electrons. The highest BCUT2D eigenvalue weighted by molar-refractivity contribution is 5.59. The molecule has 2 heterocycles. The van der Waals surface area contributed by atoms with Crippen LogP contribution in [-0.4, -0.2) is 34.8 Å². The minimum absolute atomic E-state index is 0.295. The molecule has 0 amide bonds. The Kier molecular flexibility index (Phi) is 2.81. The summed E-state index contributed by atoms with van der Waals surface area (Å²) in [4.78, 5) is 9.56. The van der Waals surface area contributed by atoms with Gasteiger partial charge in [-0.3, -0.25) is 0 Å². The lowest BCUT2D eigenvalue weighted by atomic mass is 9.98. The molecule has 1 aromatic heterocycles. The molecular formula is C10H18N4O. The summed E-state index contributed by atoms with van der Waals surface area (Å²) in [7, 11) is 0. The highest BCUT2D eigenvalue weighted by Crippen LogP contribution is 2.25. The number of H-pyrrole nitrogens is 1. The first-order valence-corrected chi connectivity index (χ1v) is 5.38. The topological polar surface area (TPSA) is 78.2 Å². The van der Waals surface area contributed by atoms with E-state index in [1.54, 1.807) is 0 Å². The molecule has 0 saturated carbocycles. The van der Waals surface area contributed by atoms with Crippen molar-refractivity contribution in [3.05, 3.63) is 5.82 Å². The highest BCUT2D eigenvalue weighted by atomic mass is 16.3. The average molecular weight is 210 g/mol. The number of aliphatic hydroxyl groups excluding tert-OH is 1. The van der Waals surface area contributed by atoms with Crippen LogP contribution in [0, 0.1) is 12.8 Å². The van der Waals surface area contributed by atoms with Crippen molar-refractivity contribution in [2.45, 2.75) is 19.8 Å². The highest BCUT2D eigenvalue weighted by Gasteiger charge is 2.21. The third kappa shape index (κ3) is 2.07. The Bertz CT molecular complexity index is 328. The van der Waals surface area contributed by atoms with Gasteiger partial charge in [-0.1, -0.05) is 0 Å². The summed E-state index contributed by atoms with van der Waals surface area (Å²) >= 11 is 0. The van der Waals surface area contributed by atoms with E-state index in [-0.39, 0.29) is 0 Å². The molecule has 1 saturated heterocycles. The number of nitrogens with one attached hydrogen (secondary N) is 1. The molecule has 5 heteroatoms. The van der Waals surface area contributed by atoms with Crippen LogP contribution in [0.25, 0.3) is 0 Å². The van der Waals surface area contributed by atoms with Gasteiger partial charge in [-0.2, -0.15) is 0 Å². The van der Waals surface area contributed by atoms with E-state index in [1.165, 1.54) is 0 Å².